The van der Waals surface area contributed by atoms with Crippen molar-refractivity contribution in [2.24, 2.45) is 4.36 Å². The Kier molecular flexibility index (Phi) is 3.95. The molecule has 0 aliphatic rings. The van der Waals surface area contributed by atoms with E-state index in [1.54, 1.807) is 31.2 Å². The highest BCUT2D eigenvalue weighted by Crippen LogP contribution is 2.33. The molecule has 6 heteroatoms. The molecule has 5 nitrogen and oxygen atoms in total. The fourth-order valence-corrected chi connectivity index (χ4v) is 2.08. The molecule has 2 aromatic rings. The van der Waals surface area contributed by atoms with Crippen LogP contribution in [0.25, 0.3) is 10.8 Å². The van der Waals surface area contributed by atoms with Gasteiger partial charge in [0.1, 0.15) is 5.69 Å². The number of carbonyl (C=O) groups is 1. The molecule has 0 saturated heterocycles. The summed E-state index contributed by atoms with van der Waals surface area (Å²) in [5.41, 5.74) is 0.874. The first-order valence-electron chi connectivity index (χ1n) is 5.79. The van der Waals surface area contributed by atoms with E-state index in [2.05, 4.69) is 16.3 Å². The first kappa shape index (κ1) is 14.0. The minimum Gasteiger partial charge on any atom is -0.320 e. The fourth-order valence-electron chi connectivity index (χ4n) is 1.77. The maximum Gasteiger partial charge on any atom is 0.316 e. The number of hydrogen-bond acceptors (Lipinski definition) is 4. The minimum atomic E-state index is -2.59. The van der Waals surface area contributed by atoms with Gasteiger partial charge in [-0.25, -0.2) is 0 Å². The summed E-state index contributed by atoms with van der Waals surface area (Å²) in [4.78, 5) is 11.8. The molecule has 1 amide bonds. The normalized spacial score (nSPS) is 10.1. The van der Waals surface area contributed by atoms with Gasteiger partial charge in [0.25, 0.3) is 5.91 Å². The Morgan fingerprint density at radius 3 is 2.55 bits per heavy atom. The molecular weight excluding hydrogens is 276 g/mol. The lowest BCUT2D eigenvalue weighted by Gasteiger charge is -2.10. The Bertz CT molecular complexity index is 831. The number of carbonyl (C=O) groups excluding carboxylic acids is 1. The number of hydrogen-bond donors (Lipinski definition) is 1. The predicted molar refractivity (Wildman–Crippen MR) is 78.4 cm³/mol. The Morgan fingerprint density at radius 1 is 1.20 bits per heavy atom. The maximum atomic E-state index is 11.8. The Morgan fingerprint density at radius 2 is 1.90 bits per heavy atom. The second kappa shape index (κ2) is 5.66. The smallest absolute Gasteiger partial charge is 0.316 e. The predicted octanol–water partition coefficient (Wildman–Crippen LogP) is 3.05. The van der Waals surface area contributed by atoms with Gasteiger partial charge in [0.15, 0.2) is 0 Å². The van der Waals surface area contributed by atoms with Crippen LogP contribution in [0.3, 0.4) is 0 Å². The van der Waals surface area contributed by atoms with Gasteiger partial charge in [0.05, 0.1) is 5.69 Å². The number of nitrogens with zero attached hydrogens (tertiary/aromatic N) is 1. The molecule has 0 aliphatic heterocycles. The molecule has 0 unspecified atom stereocenters. The fraction of sp³-hybridized carbons (Fsp3) is 0.0714. The lowest BCUT2D eigenvalue weighted by molar-refractivity contribution is -0.112. The molecular formula is C14H12N2O3S. The van der Waals surface area contributed by atoms with E-state index in [-0.39, 0.29) is 11.6 Å². The Balaban J connectivity index is 2.70. The molecule has 0 aromatic heterocycles. The van der Waals surface area contributed by atoms with E-state index in [1.807, 2.05) is 12.1 Å². The number of rotatable bonds is 3. The third-order valence-electron chi connectivity index (χ3n) is 2.71. The molecule has 0 heterocycles. The molecule has 2 aromatic carbocycles. The molecule has 20 heavy (non-hydrogen) atoms. The van der Waals surface area contributed by atoms with Gasteiger partial charge in [-0.05, 0) is 18.4 Å². The van der Waals surface area contributed by atoms with E-state index in [1.165, 1.54) is 0 Å². The monoisotopic (exact) mass is 288 g/mol. The van der Waals surface area contributed by atoms with Crippen LogP contribution in [-0.2, 0) is 15.3 Å². The summed E-state index contributed by atoms with van der Waals surface area (Å²) < 4.78 is 25.1. The van der Waals surface area contributed by atoms with Crippen molar-refractivity contribution in [2.75, 3.05) is 5.32 Å². The molecule has 0 saturated carbocycles. The molecule has 0 atom stereocenters. The number of amides is 1. The molecule has 2 rings (SSSR count). The van der Waals surface area contributed by atoms with Crippen molar-refractivity contribution in [3.05, 3.63) is 48.6 Å². The maximum absolute atomic E-state index is 11.8. The largest absolute Gasteiger partial charge is 0.320 e. The summed E-state index contributed by atoms with van der Waals surface area (Å²) >= 11 is 0. The van der Waals surface area contributed by atoms with Gasteiger partial charge in [-0.1, -0.05) is 36.9 Å². The highest BCUT2D eigenvalue weighted by atomic mass is 32.2. The second-order valence-corrected chi connectivity index (χ2v) is 4.84. The van der Waals surface area contributed by atoms with E-state index >= 15 is 0 Å². The third-order valence-corrected chi connectivity index (χ3v) is 3.05. The topological polar surface area (TPSA) is 75.6 Å². The molecule has 0 radical (unpaired) electrons. The zero-order valence-electron chi connectivity index (χ0n) is 10.8. The zero-order chi connectivity index (χ0) is 14.7. The van der Waals surface area contributed by atoms with Gasteiger partial charge in [-0.15, -0.1) is 4.36 Å². The van der Waals surface area contributed by atoms with Crippen LogP contribution in [0.2, 0.25) is 0 Å². The van der Waals surface area contributed by atoms with E-state index in [4.69, 9.17) is 0 Å². The average Bonchev–Trinajstić information content (AvgIpc) is 2.40. The number of benzene rings is 2. The summed E-state index contributed by atoms with van der Waals surface area (Å²) in [6.07, 6.45) is 0. The number of nitrogens with one attached hydrogen (secondary N) is 1. The van der Waals surface area contributed by atoms with Crippen molar-refractivity contribution in [1.82, 2.24) is 0 Å². The highest BCUT2D eigenvalue weighted by Gasteiger charge is 2.11. The van der Waals surface area contributed by atoms with Crippen molar-refractivity contribution >= 4 is 38.6 Å². The molecule has 1 N–H and O–H groups in total. The number of fused-ring (bicyclic) bond motifs is 1. The van der Waals surface area contributed by atoms with Crippen LogP contribution < -0.4 is 5.32 Å². The SMILES string of the molecule is C=C(C)C(=O)Nc1c(N=S(=O)=O)ccc2ccccc12. The van der Waals surface area contributed by atoms with Gasteiger partial charge in [-0.2, -0.15) is 8.42 Å². The quantitative estimate of drug-likeness (QED) is 0.882. The van der Waals surface area contributed by atoms with Gasteiger partial charge in [0, 0.05) is 11.0 Å². The lowest BCUT2D eigenvalue weighted by atomic mass is 10.1. The molecule has 0 fully saturated rings. The zero-order valence-corrected chi connectivity index (χ0v) is 11.6. The van der Waals surface area contributed by atoms with Crippen molar-refractivity contribution in [3.8, 4) is 0 Å². The van der Waals surface area contributed by atoms with Gasteiger partial charge in [0.2, 0.25) is 0 Å². The standard InChI is InChI=1S/C14H12N2O3S/c1-9(2)14(17)15-13-11-6-4-3-5-10(11)7-8-12(13)16-20(18)19/h3-8H,1H2,2H3,(H,15,17). The van der Waals surface area contributed by atoms with Crippen LogP contribution >= 0.6 is 0 Å². The first-order chi connectivity index (χ1) is 9.49. The molecule has 0 aliphatic carbocycles. The molecule has 102 valence electrons. The second-order valence-electron chi connectivity index (χ2n) is 4.22. The van der Waals surface area contributed by atoms with Gasteiger partial charge >= 0.3 is 10.5 Å². The van der Waals surface area contributed by atoms with Crippen LogP contribution in [0, 0.1) is 0 Å². The summed E-state index contributed by atoms with van der Waals surface area (Å²) in [5, 5.41) is 4.24. The minimum absolute atomic E-state index is 0.187. The average molecular weight is 288 g/mol. The van der Waals surface area contributed by atoms with Crippen LogP contribution in [0.15, 0.2) is 52.9 Å². The number of anilines is 1. The Hall–Kier alpha value is -2.47. The van der Waals surface area contributed by atoms with E-state index in [0.717, 1.165) is 5.39 Å². The Labute approximate surface area is 117 Å². The van der Waals surface area contributed by atoms with Crippen molar-refractivity contribution < 1.29 is 13.2 Å². The van der Waals surface area contributed by atoms with E-state index in [0.29, 0.717) is 16.6 Å². The van der Waals surface area contributed by atoms with Crippen molar-refractivity contribution in [1.29, 1.82) is 0 Å². The van der Waals surface area contributed by atoms with E-state index < -0.39 is 10.5 Å². The van der Waals surface area contributed by atoms with Gasteiger partial charge < -0.3 is 5.32 Å². The summed E-state index contributed by atoms with van der Waals surface area (Å²) in [7, 11) is -2.59. The summed E-state index contributed by atoms with van der Waals surface area (Å²) in [6, 6.07) is 10.6. The van der Waals surface area contributed by atoms with Crippen LogP contribution in [0.4, 0.5) is 11.4 Å². The summed E-state index contributed by atoms with van der Waals surface area (Å²) in [6.45, 7) is 5.13. The molecule has 0 bridgehead atoms. The molecule has 0 spiro atoms. The van der Waals surface area contributed by atoms with Crippen molar-refractivity contribution in [2.45, 2.75) is 6.92 Å². The van der Waals surface area contributed by atoms with Crippen LogP contribution in [-0.4, -0.2) is 14.3 Å². The van der Waals surface area contributed by atoms with E-state index in [9.17, 15) is 13.2 Å². The summed E-state index contributed by atoms with van der Waals surface area (Å²) in [5.74, 6) is -0.380. The lowest BCUT2D eigenvalue weighted by Crippen LogP contribution is -2.12. The third kappa shape index (κ3) is 2.92. The first-order valence-corrected chi connectivity index (χ1v) is 6.82. The van der Waals surface area contributed by atoms with Gasteiger partial charge in [-0.3, -0.25) is 4.79 Å². The highest BCUT2D eigenvalue weighted by molar-refractivity contribution is 7.61. The van der Waals surface area contributed by atoms with Crippen LogP contribution in [0.1, 0.15) is 6.92 Å². The van der Waals surface area contributed by atoms with Crippen LogP contribution in [0.5, 0.6) is 0 Å². The van der Waals surface area contributed by atoms with Crippen molar-refractivity contribution in [3.63, 3.8) is 0 Å².